The molecule has 0 saturated carbocycles. The third-order valence-corrected chi connectivity index (χ3v) is 2.59. The van der Waals surface area contributed by atoms with E-state index < -0.39 is 5.91 Å². The summed E-state index contributed by atoms with van der Waals surface area (Å²) in [6.45, 7) is 1.39. The van der Waals surface area contributed by atoms with Gasteiger partial charge in [-0.15, -0.1) is 0 Å². The van der Waals surface area contributed by atoms with E-state index in [4.69, 9.17) is 21.2 Å². The second-order valence-electron chi connectivity index (χ2n) is 3.76. The number of nitrogens with one attached hydrogen (secondary N) is 1. The summed E-state index contributed by atoms with van der Waals surface area (Å²) in [5.74, 6) is 5.17. The maximum atomic E-state index is 11.9. The average Bonchev–Trinajstić information content (AvgIpc) is 2.82. The van der Waals surface area contributed by atoms with Gasteiger partial charge in [0.15, 0.2) is 5.82 Å². The van der Waals surface area contributed by atoms with Crippen LogP contribution in [0.2, 0.25) is 5.02 Å². The van der Waals surface area contributed by atoms with Gasteiger partial charge in [0, 0.05) is 11.1 Å². The number of hydrogen-bond donors (Lipinski definition) is 2. The van der Waals surface area contributed by atoms with Crippen molar-refractivity contribution in [1.82, 2.24) is 10.1 Å². The summed E-state index contributed by atoms with van der Waals surface area (Å²) in [4.78, 5) is 15.8. The van der Waals surface area contributed by atoms with Crippen LogP contribution in [0.15, 0.2) is 22.7 Å². The summed E-state index contributed by atoms with van der Waals surface area (Å²) in [5, 5.41) is 15.0. The largest absolute Gasteiger partial charge is 0.384 e. The fourth-order valence-electron chi connectivity index (χ4n) is 1.41. The number of nitrogens with zero attached hydrogens (tertiary/aromatic N) is 2. The number of rotatable bonds is 2. The zero-order chi connectivity index (χ0) is 14.5. The first-order chi connectivity index (χ1) is 9.60. The van der Waals surface area contributed by atoms with Crippen molar-refractivity contribution in [1.29, 1.82) is 0 Å². The summed E-state index contributed by atoms with van der Waals surface area (Å²) in [5.41, 5.74) is 0.867. The predicted octanol–water partition coefficient (Wildman–Crippen LogP) is 1.63. The minimum Gasteiger partial charge on any atom is -0.384 e. The zero-order valence-corrected chi connectivity index (χ0v) is 11.2. The Morgan fingerprint density at radius 2 is 2.35 bits per heavy atom. The lowest BCUT2D eigenvalue weighted by Gasteiger charge is -2.02. The van der Waals surface area contributed by atoms with Crippen molar-refractivity contribution in [2.75, 3.05) is 11.9 Å². The fourth-order valence-corrected chi connectivity index (χ4v) is 1.64. The monoisotopic (exact) mass is 291 g/mol. The van der Waals surface area contributed by atoms with E-state index in [1.165, 1.54) is 6.07 Å². The van der Waals surface area contributed by atoms with Crippen molar-refractivity contribution in [3.63, 3.8) is 0 Å². The third kappa shape index (κ3) is 3.35. The van der Waals surface area contributed by atoms with E-state index in [2.05, 4.69) is 27.3 Å². The van der Waals surface area contributed by atoms with Crippen LogP contribution in [0.5, 0.6) is 0 Å². The first-order valence-corrected chi connectivity index (χ1v) is 5.99. The highest BCUT2D eigenvalue weighted by atomic mass is 35.5. The second kappa shape index (κ2) is 6.19. The van der Waals surface area contributed by atoms with Crippen LogP contribution < -0.4 is 5.32 Å². The molecule has 0 saturated heterocycles. The van der Waals surface area contributed by atoms with Crippen LogP contribution in [0, 0.1) is 18.8 Å². The van der Waals surface area contributed by atoms with Crippen molar-refractivity contribution in [2.24, 2.45) is 0 Å². The number of hydrogen-bond acceptors (Lipinski definition) is 5. The van der Waals surface area contributed by atoms with Gasteiger partial charge >= 0.3 is 6.01 Å². The number of halogens is 1. The SMILES string of the molecule is Cc1noc(NC(=O)c2ccc(C#CCO)c(Cl)c2)n1. The van der Waals surface area contributed by atoms with Crippen molar-refractivity contribution in [3.8, 4) is 11.8 Å². The number of aryl methyl sites for hydroxylation is 1. The first-order valence-electron chi connectivity index (χ1n) is 5.61. The lowest BCUT2D eigenvalue weighted by atomic mass is 10.1. The van der Waals surface area contributed by atoms with Crippen LogP contribution in [-0.2, 0) is 0 Å². The standard InChI is InChI=1S/C13H10ClN3O3/c1-8-15-13(20-17-8)16-12(19)10-5-4-9(3-2-6-18)11(14)7-10/h4-5,7,18H,6H2,1H3,(H,15,16,17,19). The highest BCUT2D eigenvalue weighted by Gasteiger charge is 2.11. The summed E-state index contributed by atoms with van der Waals surface area (Å²) in [6.07, 6.45) is 0. The molecular formula is C13H10ClN3O3. The number of anilines is 1. The molecule has 2 rings (SSSR count). The highest BCUT2D eigenvalue weighted by Crippen LogP contribution is 2.18. The van der Waals surface area contributed by atoms with Gasteiger partial charge in [0.05, 0.1) is 5.02 Å². The van der Waals surface area contributed by atoms with Crippen LogP contribution >= 0.6 is 11.6 Å². The molecule has 0 spiro atoms. The Kier molecular flexibility index (Phi) is 4.35. The van der Waals surface area contributed by atoms with Crippen LogP contribution in [0.25, 0.3) is 0 Å². The van der Waals surface area contributed by atoms with E-state index >= 15 is 0 Å². The van der Waals surface area contributed by atoms with Crippen molar-refractivity contribution < 1.29 is 14.4 Å². The topological polar surface area (TPSA) is 88.2 Å². The number of aliphatic hydroxyl groups is 1. The molecule has 0 aliphatic carbocycles. The van der Waals surface area contributed by atoms with Gasteiger partial charge in [-0.25, -0.2) is 0 Å². The molecule has 7 heteroatoms. The van der Waals surface area contributed by atoms with Gasteiger partial charge in [0.1, 0.15) is 6.61 Å². The minimum absolute atomic E-state index is 0.0211. The van der Waals surface area contributed by atoms with Crippen LogP contribution in [0.3, 0.4) is 0 Å². The molecule has 0 fully saturated rings. The molecule has 0 atom stereocenters. The third-order valence-electron chi connectivity index (χ3n) is 2.28. The Morgan fingerprint density at radius 1 is 1.55 bits per heavy atom. The lowest BCUT2D eigenvalue weighted by molar-refractivity contribution is 0.102. The van der Waals surface area contributed by atoms with E-state index in [1.807, 2.05) is 0 Å². The van der Waals surface area contributed by atoms with Crippen molar-refractivity contribution in [3.05, 3.63) is 40.2 Å². The number of aliphatic hydroxyl groups excluding tert-OH is 1. The summed E-state index contributed by atoms with van der Waals surface area (Å²) < 4.78 is 4.79. The molecular weight excluding hydrogens is 282 g/mol. The summed E-state index contributed by atoms with van der Waals surface area (Å²) in [6, 6.07) is 4.65. The molecule has 1 heterocycles. The number of carbonyl (C=O) groups is 1. The zero-order valence-electron chi connectivity index (χ0n) is 10.5. The van der Waals surface area contributed by atoms with E-state index in [1.54, 1.807) is 19.1 Å². The molecule has 0 aliphatic rings. The Labute approximate surface area is 119 Å². The van der Waals surface area contributed by atoms with E-state index in [-0.39, 0.29) is 12.6 Å². The molecule has 1 amide bonds. The van der Waals surface area contributed by atoms with Gasteiger partial charge in [-0.2, -0.15) is 4.98 Å². The molecule has 20 heavy (non-hydrogen) atoms. The normalized spacial score (nSPS) is 9.75. The van der Waals surface area contributed by atoms with E-state index in [9.17, 15) is 4.79 Å². The molecule has 0 unspecified atom stereocenters. The number of carbonyl (C=O) groups excluding carboxylic acids is 1. The van der Waals surface area contributed by atoms with Crippen LogP contribution in [0.1, 0.15) is 21.7 Å². The fraction of sp³-hybridized carbons (Fsp3) is 0.154. The number of benzene rings is 1. The maximum absolute atomic E-state index is 11.9. The van der Waals surface area contributed by atoms with Crippen molar-refractivity contribution in [2.45, 2.75) is 6.92 Å². The molecule has 0 bridgehead atoms. The Morgan fingerprint density at radius 3 is 2.95 bits per heavy atom. The molecule has 1 aromatic carbocycles. The van der Waals surface area contributed by atoms with Gasteiger partial charge in [-0.05, 0) is 25.1 Å². The number of amides is 1. The Bertz CT molecular complexity index is 700. The molecule has 2 N–H and O–H groups in total. The first kappa shape index (κ1) is 14.1. The molecule has 0 aliphatic heterocycles. The lowest BCUT2D eigenvalue weighted by Crippen LogP contribution is -2.12. The van der Waals surface area contributed by atoms with Gasteiger partial charge in [-0.3, -0.25) is 10.1 Å². The van der Waals surface area contributed by atoms with Gasteiger partial charge in [0.25, 0.3) is 5.91 Å². The van der Waals surface area contributed by atoms with E-state index in [0.717, 1.165) is 0 Å². The quantitative estimate of drug-likeness (QED) is 0.821. The molecule has 0 radical (unpaired) electrons. The Hall–Kier alpha value is -2.36. The molecule has 102 valence electrons. The Balaban J connectivity index is 2.16. The summed E-state index contributed by atoms with van der Waals surface area (Å²) in [7, 11) is 0. The summed E-state index contributed by atoms with van der Waals surface area (Å²) >= 11 is 6.00. The van der Waals surface area contributed by atoms with Gasteiger partial charge < -0.3 is 9.63 Å². The van der Waals surface area contributed by atoms with Gasteiger partial charge in [-0.1, -0.05) is 28.6 Å². The maximum Gasteiger partial charge on any atom is 0.328 e. The predicted molar refractivity (Wildman–Crippen MR) is 72.4 cm³/mol. The molecule has 6 nitrogen and oxygen atoms in total. The second-order valence-corrected chi connectivity index (χ2v) is 4.16. The van der Waals surface area contributed by atoms with E-state index in [0.29, 0.717) is 22.0 Å². The van der Waals surface area contributed by atoms with Gasteiger partial charge in [0.2, 0.25) is 0 Å². The molecule has 1 aromatic heterocycles. The molecule has 2 aromatic rings. The smallest absolute Gasteiger partial charge is 0.328 e. The average molecular weight is 292 g/mol. The van der Waals surface area contributed by atoms with Crippen LogP contribution in [0.4, 0.5) is 6.01 Å². The highest BCUT2D eigenvalue weighted by molar-refractivity contribution is 6.32. The minimum atomic E-state index is -0.419. The number of aromatic nitrogens is 2. The van der Waals surface area contributed by atoms with Crippen molar-refractivity contribution >= 4 is 23.5 Å². The van der Waals surface area contributed by atoms with Crippen LogP contribution in [-0.4, -0.2) is 27.8 Å².